The number of hydrogen-bond donors (Lipinski definition) is 1. The predicted octanol–water partition coefficient (Wildman–Crippen LogP) is 6.35. The molecule has 1 aliphatic rings. The molecule has 190 valence electrons. The molecule has 3 aromatic rings. The minimum Gasteiger partial charge on any atom is -0.493 e. The van der Waals surface area contributed by atoms with Crippen molar-refractivity contribution in [3.8, 4) is 11.5 Å². The Morgan fingerprint density at radius 2 is 1.65 bits per heavy atom. The summed E-state index contributed by atoms with van der Waals surface area (Å²) < 4.78 is 11.7. The molecule has 0 unspecified atom stereocenters. The number of carbonyl (C=O) groups excluding carboxylic acids is 2. The maximum absolute atomic E-state index is 13.1. The SMILES string of the molecule is COc1cc(/C=C2\SC(=S)N(c3ccc(C)cc3)C2=O)ccc1OCC(=O)Nc1c(C)cc(C)cc1C. The van der Waals surface area contributed by atoms with E-state index in [0.29, 0.717) is 20.7 Å². The Morgan fingerprint density at radius 3 is 2.30 bits per heavy atom. The van der Waals surface area contributed by atoms with E-state index in [4.69, 9.17) is 21.7 Å². The molecule has 0 aliphatic carbocycles. The van der Waals surface area contributed by atoms with Crippen LogP contribution in [0.4, 0.5) is 11.4 Å². The van der Waals surface area contributed by atoms with Gasteiger partial charge in [-0.2, -0.15) is 0 Å². The molecule has 0 radical (unpaired) electrons. The van der Waals surface area contributed by atoms with Gasteiger partial charge in [0.1, 0.15) is 0 Å². The number of thiocarbonyl (C=S) groups is 1. The zero-order valence-electron chi connectivity index (χ0n) is 21.4. The standard InChI is InChI=1S/C29H28N2O4S2/c1-17-6-9-22(10-7-17)31-28(33)25(37-29(31)36)15-21-8-11-23(24(14-21)34-5)35-16-26(32)30-27-19(3)12-18(2)13-20(27)4/h6-15H,16H2,1-5H3,(H,30,32)/b25-15-. The van der Waals surface area contributed by atoms with Gasteiger partial charge in [-0.15, -0.1) is 0 Å². The zero-order chi connectivity index (χ0) is 26.7. The quantitative estimate of drug-likeness (QED) is 0.282. The first-order chi connectivity index (χ1) is 17.7. The van der Waals surface area contributed by atoms with E-state index in [0.717, 1.165) is 39.2 Å². The number of benzene rings is 3. The Hall–Kier alpha value is -3.62. The van der Waals surface area contributed by atoms with Gasteiger partial charge in [0.05, 0.1) is 17.7 Å². The summed E-state index contributed by atoms with van der Waals surface area (Å²) in [4.78, 5) is 27.7. The molecular weight excluding hydrogens is 504 g/mol. The third-order valence-corrected chi connectivity index (χ3v) is 7.17. The molecule has 4 rings (SSSR count). The van der Waals surface area contributed by atoms with Crippen molar-refractivity contribution in [2.24, 2.45) is 0 Å². The molecule has 1 fully saturated rings. The first-order valence-electron chi connectivity index (χ1n) is 11.7. The molecule has 1 heterocycles. The molecular formula is C29H28N2O4S2. The largest absolute Gasteiger partial charge is 0.493 e. The lowest BCUT2D eigenvalue weighted by Gasteiger charge is -2.15. The lowest BCUT2D eigenvalue weighted by molar-refractivity contribution is -0.118. The number of ether oxygens (including phenoxy) is 2. The highest BCUT2D eigenvalue weighted by Crippen LogP contribution is 2.37. The monoisotopic (exact) mass is 532 g/mol. The Labute approximate surface area is 226 Å². The molecule has 0 aromatic heterocycles. The number of thioether (sulfide) groups is 1. The molecule has 0 spiro atoms. The van der Waals surface area contributed by atoms with Crippen LogP contribution in [0.2, 0.25) is 0 Å². The lowest BCUT2D eigenvalue weighted by atomic mass is 10.1. The van der Waals surface area contributed by atoms with Crippen LogP contribution >= 0.6 is 24.0 Å². The fraction of sp³-hybridized carbons (Fsp3) is 0.207. The molecule has 3 aromatic carbocycles. The number of methoxy groups -OCH3 is 1. The van der Waals surface area contributed by atoms with Crippen molar-refractivity contribution in [3.63, 3.8) is 0 Å². The van der Waals surface area contributed by atoms with E-state index in [-0.39, 0.29) is 18.4 Å². The van der Waals surface area contributed by atoms with Gasteiger partial charge in [-0.1, -0.05) is 65.4 Å². The predicted molar refractivity (Wildman–Crippen MR) is 155 cm³/mol. The van der Waals surface area contributed by atoms with E-state index in [1.807, 2.05) is 70.2 Å². The van der Waals surface area contributed by atoms with Crippen LogP contribution in [0, 0.1) is 27.7 Å². The van der Waals surface area contributed by atoms with Crippen molar-refractivity contribution >= 4 is 57.6 Å². The topological polar surface area (TPSA) is 67.9 Å². The van der Waals surface area contributed by atoms with Crippen LogP contribution in [-0.2, 0) is 9.59 Å². The lowest BCUT2D eigenvalue weighted by Crippen LogP contribution is -2.27. The highest BCUT2D eigenvalue weighted by atomic mass is 32.2. The minimum atomic E-state index is -0.263. The second-order valence-corrected chi connectivity index (χ2v) is 10.5. The summed E-state index contributed by atoms with van der Waals surface area (Å²) in [5.41, 5.74) is 6.55. The van der Waals surface area contributed by atoms with Crippen LogP contribution in [0.15, 0.2) is 59.5 Å². The number of rotatable bonds is 7. The average Bonchev–Trinajstić information content (AvgIpc) is 3.13. The molecule has 0 saturated carbocycles. The van der Waals surface area contributed by atoms with Crippen LogP contribution in [0.25, 0.3) is 6.08 Å². The van der Waals surface area contributed by atoms with E-state index < -0.39 is 0 Å². The maximum atomic E-state index is 13.1. The smallest absolute Gasteiger partial charge is 0.270 e. The molecule has 1 aliphatic heterocycles. The van der Waals surface area contributed by atoms with Gasteiger partial charge < -0.3 is 14.8 Å². The molecule has 8 heteroatoms. The first kappa shape index (κ1) is 26.4. The molecule has 6 nitrogen and oxygen atoms in total. The number of nitrogens with one attached hydrogen (secondary N) is 1. The van der Waals surface area contributed by atoms with Crippen LogP contribution in [0.3, 0.4) is 0 Å². The van der Waals surface area contributed by atoms with Crippen molar-refractivity contribution in [2.75, 3.05) is 23.9 Å². The van der Waals surface area contributed by atoms with Crippen LogP contribution in [-0.4, -0.2) is 29.9 Å². The molecule has 0 atom stereocenters. The van der Waals surface area contributed by atoms with Gasteiger partial charge in [0.15, 0.2) is 22.4 Å². The summed E-state index contributed by atoms with van der Waals surface area (Å²) in [5, 5.41) is 2.93. The van der Waals surface area contributed by atoms with Crippen LogP contribution in [0.1, 0.15) is 27.8 Å². The summed E-state index contributed by atoms with van der Waals surface area (Å²) in [6, 6.07) is 17.0. The number of aryl methyl sites for hydroxylation is 4. The van der Waals surface area contributed by atoms with Gasteiger partial charge in [0.25, 0.3) is 11.8 Å². The maximum Gasteiger partial charge on any atom is 0.270 e. The van der Waals surface area contributed by atoms with Gasteiger partial charge >= 0.3 is 0 Å². The van der Waals surface area contributed by atoms with Crippen molar-refractivity contribution in [2.45, 2.75) is 27.7 Å². The Kier molecular flexibility index (Phi) is 8.00. The fourth-order valence-corrected chi connectivity index (χ4v) is 5.42. The van der Waals surface area contributed by atoms with E-state index >= 15 is 0 Å². The normalized spacial score (nSPS) is 14.3. The van der Waals surface area contributed by atoms with E-state index in [2.05, 4.69) is 5.32 Å². The summed E-state index contributed by atoms with van der Waals surface area (Å²) in [6.45, 7) is 7.78. The van der Waals surface area contributed by atoms with E-state index in [1.54, 1.807) is 18.2 Å². The minimum absolute atomic E-state index is 0.169. The van der Waals surface area contributed by atoms with Crippen molar-refractivity contribution in [3.05, 3.63) is 87.3 Å². The van der Waals surface area contributed by atoms with Gasteiger partial charge in [-0.25, -0.2) is 0 Å². The molecule has 1 N–H and O–H groups in total. The van der Waals surface area contributed by atoms with E-state index in [1.165, 1.54) is 23.8 Å². The average molecular weight is 533 g/mol. The third kappa shape index (κ3) is 6.03. The first-order valence-corrected chi connectivity index (χ1v) is 12.9. The summed E-state index contributed by atoms with van der Waals surface area (Å²) in [6.07, 6.45) is 1.77. The summed E-state index contributed by atoms with van der Waals surface area (Å²) in [5.74, 6) is 0.454. The number of amides is 2. The van der Waals surface area contributed by atoms with Crippen molar-refractivity contribution < 1.29 is 19.1 Å². The Balaban J connectivity index is 1.45. The third-order valence-electron chi connectivity index (χ3n) is 5.87. The molecule has 37 heavy (non-hydrogen) atoms. The number of hydrogen-bond acceptors (Lipinski definition) is 6. The highest BCUT2D eigenvalue weighted by molar-refractivity contribution is 8.27. The van der Waals surface area contributed by atoms with Crippen molar-refractivity contribution in [1.82, 2.24) is 0 Å². The van der Waals surface area contributed by atoms with Crippen LogP contribution < -0.4 is 19.7 Å². The molecule has 2 amide bonds. The molecule has 0 bridgehead atoms. The Morgan fingerprint density at radius 1 is 0.973 bits per heavy atom. The highest BCUT2D eigenvalue weighted by Gasteiger charge is 2.33. The second kappa shape index (κ2) is 11.2. The summed E-state index contributed by atoms with van der Waals surface area (Å²) >= 11 is 6.72. The van der Waals surface area contributed by atoms with Gasteiger partial charge in [0, 0.05) is 5.69 Å². The number of carbonyl (C=O) groups is 2. The van der Waals surface area contributed by atoms with Gasteiger partial charge in [-0.05, 0) is 74.7 Å². The van der Waals surface area contributed by atoms with Gasteiger partial charge in [0.2, 0.25) is 0 Å². The van der Waals surface area contributed by atoms with Crippen LogP contribution in [0.5, 0.6) is 11.5 Å². The summed E-state index contributed by atoms with van der Waals surface area (Å²) in [7, 11) is 1.53. The van der Waals surface area contributed by atoms with Crippen molar-refractivity contribution in [1.29, 1.82) is 0 Å². The zero-order valence-corrected chi connectivity index (χ0v) is 23.0. The van der Waals surface area contributed by atoms with Gasteiger partial charge in [-0.3, -0.25) is 14.5 Å². The van der Waals surface area contributed by atoms with E-state index in [9.17, 15) is 9.59 Å². The Bertz CT molecular complexity index is 1390. The number of anilines is 2. The number of nitrogens with zero attached hydrogens (tertiary/aromatic N) is 1. The second-order valence-electron chi connectivity index (χ2n) is 8.87. The fourth-order valence-electron chi connectivity index (χ4n) is 4.12. The molecule has 1 saturated heterocycles.